The zero-order valence-electron chi connectivity index (χ0n) is 9.66. The van der Waals surface area contributed by atoms with E-state index in [4.69, 9.17) is 0 Å². The van der Waals surface area contributed by atoms with E-state index < -0.39 is 0 Å². The van der Waals surface area contributed by atoms with Crippen molar-refractivity contribution >= 4 is 27.3 Å². The molecular formula is C14H14BrNS. The molecule has 2 aromatic rings. The van der Waals surface area contributed by atoms with Gasteiger partial charge in [0.25, 0.3) is 0 Å². The van der Waals surface area contributed by atoms with E-state index >= 15 is 0 Å². The fraction of sp³-hybridized carbons (Fsp3) is 0.286. The second-order valence-corrected chi connectivity index (χ2v) is 6.12. The molecule has 0 bridgehead atoms. The first-order valence-electron chi connectivity index (χ1n) is 5.83. The lowest BCUT2D eigenvalue weighted by Gasteiger charge is -2.11. The lowest BCUT2D eigenvalue weighted by Crippen LogP contribution is -2.12. The Hall–Kier alpha value is -0.640. The summed E-state index contributed by atoms with van der Waals surface area (Å²) in [5.74, 6) is 0. The SMILES string of the molecule is CNC1CCc2c(-c3sccc3Br)cccc21. The minimum atomic E-state index is 0.531. The Morgan fingerprint density at radius 2 is 2.24 bits per heavy atom. The average Bonchev–Trinajstić information content (AvgIpc) is 2.94. The van der Waals surface area contributed by atoms with Gasteiger partial charge in [-0.15, -0.1) is 11.3 Å². The van der Waals surface area contributed by atoms with E-state index in [1.54, 1.807) is 0 Å². The molecule has 0 spiro atoms. The Bertz CT molecular complexity index is 547. The maximum absolute atomic E-state index is 3.64. The predicted octanol–water partition coefficient (Wildman–Crippen LogP) is 4.38. The van der Waals surface area contributed by atoms with Crippen LogP contribution in [0.2, 0.25) is 0 Å². The highest BCUT2D eigenvalue weighted by atomic mass is 79.9. The molecule has 1 heterocycles. The van der Waals surface area contributed by atoms with Crippen molar-refractivity contribution in [1.29, 1.82) is 0 Å². The minimum absolute atomic E-state index is 0.531. The second kappa shape index (κ2) is 4.56. The number of hydrogen-bond donors (Lipinski definition) is 1. The van der Waals surface area contributed by atoms with Crippen LogP contribution >= 0.6 is 27.3 Å². The molecule has 3 rings (SSSR count). The third-order valence-corrected chi connectivity index (χ3v) is 5.35. The fourth-order valence-electron chi connectivity index (χ4n) is 2.65. The van der Waals surface area contributed by atoms with Gasteiger partial charge in [-0.2, -0.15) is 0 Å². The fourth-order valence-corrected chi connectivity index (χ4v) is 4.29. The number of rotatable bonds is 2. The molecule has 17 heavy (non-hydrogen) atoms. The van der Waals surface area contributed by atoms with Gasteiger partial charge in [0.1, 0.15) is 0 Å². The van der Waals surface area contributed by atoms with Gasteiger partial charge in [-0.05, 0) is 64.0 Å². The molecule has 1 aliphatic carbocycles. The molecule has 1 aromatic heterocycles. The lowest BCUT2D eigenvalue weighted by molar-refractivity contribution is 0.590. The Morgan fingerprint density at radius 1 is 1.35 bits per heavy atom. The summed E-state index contributed by atoms with van der Waals surface area (Å²) in [6.45, 7) is 0. The topological polar surface area (TPSA) is 12.0 Å². The maximum atomic E-state index is 3.64. The van der Waals surface area contributed by atoms with Gasteiger partial charge in [0.05, 0.1) is 0 Å². The van der Waals surface area contributed by atoms with Crippen LogP contribution in [0.1, 0.15) is 23.6 Å². The highest BCUT2D eigenvalue weighted by Crippen LogP contribution is 2.41. The van der Waals surface area contributed by atoms with Crippen LogP contribution in [0.4, 0.5) is 0 Å². The number of hydrogen-bond acceptors (Lipinski definition) is 2. The summed E-state index contributed by atoms with van der Waals surface area (Å²) < 4.78 is 1.21. The molecule has 1 aromatic carbocycles. The third-order valence-electron chi connectivity index (χ3n) is 3.48. The normalized spacial score (nSPS) is 18.4. The molecule has 1 nitrogen and oxygen atoms in total. The van der Waals surface area contributed by atoms with Crippen LogP contribution in [0.15, 0.2) is 34.1 Å². The van der Waals surface area contributed by atoms with Crippen LogP contribution in [0.3, 0.4) is 0 Å². The number of nitrogens with one attached hydrogen (secondary N) is 1. The van der Waals surface area contributed by atoms with Crippen molar-refractivity contribution < 1.29 is 0 Å². The van der Waals surface area contributed by atoms with Crippen molar-refractivity contribution in [2.75, 3.05) is 7.05 Å². The number of benzene rings is 1. The summed E-state index contributed by atoms with van der Waals surface area (Å²) in [5, 5.41) is 5.54. The molecule has 0 saturated heterocycles. The van der Waals surface area contributed by atoms with Crippen molar-refractivity contribution in [3.8, 4) is 10.4 Å². The van der Waals surface area contributed by atoms with Gasteiger partial charge in [0.15, 0.2) is 0 Å². The van der Waals surface area contributed by atoms with Crippen LogP contribution in [0.25, 0.3) is 10.4 Å². The lowest BCUT2D eigenvalue weighted by atomic mass is 10.0. The van der Waals surface area contributed by atoms with Crippen molar-refractivity contribution in [3.05, 3.63) is 45.2 Å². The predicted molar refractivity (Wildman–Crippen MR) is 77.6 cm³/mol. The monoisotopic (exact) mass is 307 g/mol. The molecule has 0 radical (unpaired) electrons. The summed E-state index contributed by atoms with van der Waals surface area (Å²) in [7, 11) is 2.05. The first-order chi connectivity index (χ1) is 8.31. The van der Waals surface area contributed by atoms with Crippen LogP contribution in [-0.4, -0.2) is 7.05 Å². The van der Waals surface area contributed by atoms with Gasteiger partial charge < -0.3 is 5.32 Å². The number of fused-ring (bicyclic) bond motifs is 1. The zero-order chi connectivity index (χ0) is 11.8. The molecule has 1 aliphatic rings. The second-order valence-electron chi connectivity index (χ2n) is 4.35. The molecule has 3 heteroatoms. The Balaban J connectivity index is 2.15. The average molecular weight is 308 g/mol. The molecule has 0 saturated carbocycles. The van der Waals surface area contributed by atoms with Crippen molar-refractivity contribution in [3.63, 3.8) is 0 Å². The van der Waals surface area contributed by atoms with Crippen LogP contribution in [-0.2, 0) is 6.42 Å². The molecule has 0 aliphatic heterocycles. The Morgan fingerprint density at radius 3 is 2.94 bits per heavy atom. The van der Waals surface area contributed by atoms with E-state index in [0.717, 1.165) is 0 Å². The number of halogens is 1. The summed E-state index contributed by atoms with van der Waals surface area (Å²) in [5.41, 5.74) is 4.41. The zero-order valence-corrected chi connectivity index (χ0v) is 12.1. The van der Waals surface area contributed by atoms with Crippen LogP contribution in [0.5, 0.6) is 0 Å². The van der Waals surface area contributed by atoms with E-state index in [2.05, 4.69) is 50.9 Å². The van der Waals surface area contributed by atoms with Gasteiger partial charge in [0, 0.05) is 15.4 Å². The van der Waals surface area contributed by atoms with E-state index in [-0.39, 0.29) is 0 Å². The largest absolute Gasteiger partial charge is 0.313 e. The summed E-state index contributed by atoms with van der Waals surface area (Å²) >= 11 is 5.45. The van der Waals surface area contributed by atoms with Crippen LogP contribution in [0, 0.1) is 0 Å². The first kappa shape index (κ1) is 11.5. The minimum Gasteiger partial charge on any atom is -0.313 e. The maximum Gasteiger partial charge on any atom is 0.0487 e. The quantitative estimate of drug-likeness (QED) is 0.868. The van der Waals surface area contributed by atoms with E-state index in [1.165, 1.54) is 38.9 Å². The molecule has 88 valence electrons. The van der Waals surface area contributed by atoms with Gasteiger partial charge in [0.2, 0.25) is 0 Å². The molecule has 1 atom stereocenters. The van der Waals surface area contributed by atoms with Crippen molar-refractivity contribution in [2.24, 2.45) is 0 Å². The highest BCUT2D eigenvalue weighted by Gasteiger charge is 2.24. The van der Waals surface area contributed by atoms with E-state index in [9.17, 15) is 0 Å². The third kappa shape index (κ3) is 1.86. The summed E-state index contributed by atoms with van der Waals surface area (Å²) in [4.78, 5) is 1.36. The van der Waals surface area contributed by atoms with E-state index in [0.29, 0.717) is 6.04 Å². The summed E-state index contributed by atoms with van der Waals surface area (Å²) in [6.07, 6.45) is 2.40. The van der Waals surface area contributed by atoms with Crippen molar-refractivity contribution in [1.82, 2.24) is 5.32 Å². The molecule has 0 fully saturated rings. The molecular weight excluding hydrogens is 294 g/mol. The van der Waals surface area contributed by atoms with Crippen LogP contribution < -0.4 is 5.32 Å². The van der Waals surface area contributed by atoms with E-state index in [1.807, 2.05) is 18.4 Å². The summed E-state index contributed by atoms with van der Waals surface area (Å²) in [6, 6.07) is 9.34. The van der Waals surface area contributed by atoms with Gasteiger partial charge in [-0.1, -0.05) is 18.2 Å². The van der Waals surface area contributed by atoms with Gasteiger partial charge in [-0.3, -0.25) is 0 Å². The molecule has 0 amide bonds. The highest BCUT2D eigenvalue weighted by molar-refractivity contribution is 9.10. The molecule has 1 N–H and O–H groups in total. The number of thiophene rings is 1. The van der Waals surface area contributed by atoms with Gasteiger partial charge in [-0.25, -0.2) is 0 Å². The Kier molecular flexibility index (Phi) is 3.07. The smallest absolute Gasteiger partial charge is 0.0487 e. The standard InChI is InChI=1S/C14H14BrNS/c1-16-13-6-5-9-10(13)3-2-4-11(9)14-12(15)7-8-17-14/h2-4,7-8,13,16H,5-6H2,1H3. The van der Waals surface area contributed by atoms with Gasteiger partial charge >= 0.3 is 0 Å². The molecule has 1 unspecified atom stereocenters. The first-order valence-corrected chi connectivity index (χ1v) is 7.51. The Labute approximate surface area is 114 Å². The van der Waals surface area contributed by atoms with Crippen molar-refractivity contribution in [2.45, 2.75) is 18.9 Å².